The first-order chi connectivity index (χ1) is 10.4. The van der Waals surface area contributed by atoms with Crippen LogP contribution in [-0.4, -0.2) is 29.6 Å². The summed E-state index contributed by atoms with van der Waals surface area (Å²) in [7, 11) is 0. The molecule has 1 aliphatic rings. The fraction of sp³-hybridized carbons (Fsp3) is 0.412. The molecule has 2 aromatic rings. The van der Waals surface area contributed by atoms with E-state index < -0.39 is 0 Å². The molecular weight excluding hydrogens is 260 g/mol. The normalized spacial score (nSPS) is 14.6. The van der Waals surface area contributed by atoms with Crippen LogP contribution in [0.4, 0.5) is 5.95 Å². The summed E-state index contributed by atoms with van der Waals surface area (Å²) in [5, 5.41) is 3.45. The van der Waals surface area contributed by atoms with Gasteiger partial charge in [-0.15, -0.1) is 0 Å². The number of nitrogens with zero attached hydrogens (tertiary/aromatic N) is 3. The Hall–Kier alpha value is -1.94. The van der Waals surface area contributed by atoms with Crippen LogP contribution in [0.5, 0.6) is 0 Å². The van der Waals surface area contributed by atoms with Crippen molar-refractivity contribution < 1.29 is 0 Å². The molecule has 0 amide bonds. The van der Waals surface area contributed by atoms with Crippen molar-refractivity contribution in [1.82, 2.24) is 15.3 Å². The van der Waals surface area contributed by atoms with E-state index in [1.165, 1.54) is 18.4 Å². The van der Waals surface area contributed by atoms with E-state index in [-0.39, 0.29) is 0 Å². The SMILES string of the molecule is c1ccc(CCNCc2cnc(N3CCCC3)nc2)cc1. The highest BCUT2D eigenvalue weighted by molar-refractivity contribution is 5.30. The molecule has 2 heterocycles. The Kier molecular flexibility index (Phi) is 4.79. The average molecular weight is 282 g/mol. The van der Waals surface area contributed by atoms with Crippen LogP contribution in [0.1, 0.15) is 24.0 Å². The van der Waals surface area contributed by atoms with Gasteiger partial charge in [0.05, 0.1) is 0 Å². The number of nitrogens with one attached hydrogen (secondary N) is 1. The Morgan fingerprint density at radius 1 is 0.952 bits per heavy atom. The van der Waals surface area contributed by atoms with E-state index in [0.29, 0.717) is 0 Å². The first-order valence-corrected chi connectivity index (χ1v) is 7.72. The highest BCUT2D eigenvalue weighted by Gasteiger charge is 2.14. The minimum Gasteiger partial charge on any atom is -0.341 e. The van der Waals surface area contributed by atoms with E-state index in [0.717, 1.165) is 44.1 Å². The Labute approximate surface area is 126 Å². The molecule has 110 valence electrons. The van der Waals surface area contributed by atoms with E-state index in [2.05, 4.69) is 50.5 Å². The topological polar surface area (TPSA) is 41.1 Å². The van der Waals surface area contributed by atoms with E-state index >= 15 is 0 Å². The fourth-order valence-corrected chi connectivity index (χ4v) is 2.63. The molecule has 0 bridgehead atoms. The van der Waals surface area contributed by atoms with Crippen molar-refractivity contribution in [1.29, 1.82) is 0 Å². The summed E-state index contributed by atoms with van der Waals surface area (Å²) in [4.78, 5) is 11.2. The summed E-state index contributed by atoms with van der Waals surface area (Å²) in [5.74, 6) is 0.875. The van der Waals surface area contributed by atoms with Crippen LogP contribution in [0.3, 0.4) is 0 Å². The predicted octanol–water partition coefficient (Wildman–Crippen LogP) is 2.41. The van der Waals surface area contributed by atoms with Crippen molar-refractivity contribution in [2.24, 2.45) is 0 Å². The molecule has 21 heavy (non-hydrogen) atoms. The fourth-order valence-electron chi connectivity index (χ4n) is 2.63. The molecule has 1 aliphatic heterocycles. The first-order valence-electron chi connectivity index (χ1n) is 7.72. The van der Waals surface area contributed by atoms with Crippen LogP contribution in [0.2, 0.25) is 0 Å². The van der Waals surface area contributed by atoms with Gasteiger partial charge in [0.1, 0.15) is 0 Å². The van der Waals surface area contributed by atoms with Gasteiger partial charge in [-0.3, -0.25) is 0 Å². The molecule has 0 saturated carbocycles. The minimum atomic E-state index is 0.827. The quantitative estimate of drug-likeness (QED) is 0.826. The third-order valence-corrected chi connectivity index (χ3v) is 3.84. The number of aromatic nitrogens is 2. The van der Waals surface area contributed by atoms with Crippen molar-refractivity contribution in [3.8, 4) is 0 Å². The summed E-state index contributed by atoms with van der Waals surface area (Å²) in [6.07, 6.45) is 7.44. The van der Waals surface area contributed by atoms with Gasteiger partial charge in [0.2, 0.25) is 5.95 Å². The molecule has 1 aromatic heterocycles. The van der Waals surface area contributed by atoms with Crippen molar-refractivity contribution in [2.75, 3.05) is 24.5 Å². The zero-order valence-corrected chi connectivity index (χ0v) is 12.3. The second-order valence-electron chi connectivity index (χ2n) is 5.50. The molecule has 1 N–H and O–H groups in total. The molecule has 0 unspecified atom stereocenters. The van der Waals surface area contributed by atoms with Gasteiger partial charge in [-0.2, -0.15) is 0 Å². The van der Waals surface area contributed by atoms with E-state index in [4.69, 9.17) is 0 Å². The summed E-state index contributed by atoms with van der Waals surface area (Å²) in [6.45, 7) is 3.98. The van der Waals surface area contributed by atoms with Crippen LogP contribution < -0.4 is 10.2 Å². The Balaban J connectivity index is 1.43. The Bertz CT molecular complexity index is 532. The maximum absolute atomic E-state index is 4.47. The molecule has 1 aromatic carbocycles. The lowest BCUT2D eigenvalue weighted by Crippen LogP contribution is -2.21. The zero-order valence-electron chi connectivity index (χ0n) is 12.3. The molecule has 4 nitrogen and oxygen atoms in total. The molecule has 0 atom stereocenters. The summed E-state index contributed by atoms with van der Waals surface area (Å²) in [6, 6.07) is 10.5. The molecule has 1 saturated heterocycles. The highest BCUT2D eigenvalue weighted by atomic mass is 15.3. The maximum Gasteiger partial charge on any atom is 0.225 e. The van der Waals surface area contributed by atoms with Crippen LogP contribution in [0.25, 0.3) is 0 Å². The van der Waals surface area contributed by atoms with Crippen molar-refractivity contribution >= 4 is 5.95 Å². The van der Waals surface area contributed by atoms with Crippen LogP contribution in [-0.2, 0) is 13.0 Å². The van der Waals surface area contributed by atoms with Crippen molar-refractivity contribution in [3.63, 3.8) is 0 Å². The number of hydrogen-bond acceptors (Lipinski definition) is 4. The minimum absolute atomic E-state index is 0.827. The maximum atomic E-state index is 4.47. The average Bonchev–Trinajstić information content (AvgIpc) is 3.08. The Morgan fingerprint density at radius 3 is 2.38 bits per heavy atom. The second kappa shape index (κ2) is 7.18. The molecule has 0 radical (unpaired) electrons. The van der Waals surface area contributed by atoms with Gasteiger partial charge in [0, 0.05) is 37.6 Å². The first kappa shape index (κ1) is 14.0. The number of rotatable bonds is 6. The summed E-state index contributed by atoms with van der Waals surface area (Å²) >= 11 is 0. The largest absolute Gasteiger partial charge is 0.341 e. The second-order valence-corrected chi connectivity index (χ2v) is 5.50. The molecule has 3 rings (SSSR count). The standard InChI is InChI=1S/C17H22N4/c1-2-6-15(7-3-1)8-9-18-12-16-13-19-17(20-14-16)21-10-4-5-11-21/h1-3,6-7,13-14,18H,4-5,8-12H2. The predicted molar refractivity (Wildman–Crippen MR) is 85.3 cm³/mol. The van der Waals surface area contributed by atoms with Gasteiger partial charge in [-0.25, -0.2) is 9.97 Å². The highest BCUT2D eigenvalue weighted by Crippen LogP contribution is 2.14. The number of anilines is 1. The van der Waals surface area contributed by atoms with Gasteiger partial charge in [-0.1, -0.05) is 30.3 Å². The van der Waals surface area contributed by atoms with Gasteiger partial charge >= 0.3 is 0 Å². The van der Waals surface area contributed by atoms with Gasteiger partial charge in [-0.05, 0) is 31.4 Å². The van der Waals surface area contributed by atoms with Gasteiger partial charge in [0.25, 0.3) is 0 Å². The number of hydrogen-bond donors (Lipinski definition) is 1. The van der Waals surface area contributed by atoms with Crippen LogP contribution >= 0.6 is 0 Å². The smallest absolute Gasteiger partial charge is 0.225 e. The Morgan fingerprint density at radius 2 is 1.67 bits per heavy atom. The molecule has 1 fully saturated rings. The summed E-state index contributed by atoms with van der Waals surface area (Å²) < 4.78 is 0. The van der Waals surface area contributed by atoms with Gasteiger partial charge in [0.15, 0.2) is 0 Å². The lowest BCUT2D eigenvalue weighted by atomic mass is 10.1. The summed E-state index contributed by atoms with van der Waals surface area (Å²) in [5.41, 5.74) is 2.51. The molecular formula is C17H22N4. The van der Waals surface area contributed by atoms with Crippen molar-refractivity contribution in [2.45, 2.75) is 25.8 Å². The lowest BCUT2D eigenvalue weighted by Gasteiger charge is -2.14. The van der Waals surface area contributed by atoms with E-state index in [1.54, 1.807) is 0 Å². The lowest BCUT2D eigenvalue weighted by molar-refractivity contribution is 0.682. The molecule has 0 aliphatic carbocycles. The third-order valence-electron chi connectivity index (χ3n) is 3.84. The zero-order chi connectivity index (χ0) is 14.3. The monoisotopic (exact) mass is 282 g/mol. The molecule has 4 heteroatoms. The number of benzene rings is 1. The van der Waals surface area contributed by atoms with Crippen molar-refractivity contribution in [3.05, 3.63) is 53.9 Å². The van der Waals surface area contributed by atoms with Crippen LogP contribution in [0, 0.1) is 0 Å². The van der Waals surface area contributed by atoms with Gasteiger partial charge < -0.3 is 10.2 Å². The van der Waals surface area contributed by atoms with Crippen LogP contribution in [0.15, 0.2) is 42.7 Å². The van der Waals surface area contributed by atoms with E-state index in [9.17, 15) is 0 Å². The van der Waals surface area contributed by atoms with E-state index in [1.807, 2.05) is 12.4 Å². The third kappa shape index (κ3) is 4.02. The molecule has 0 spiro atoms.